The van der Waals surface area contributed by atoms with Crippen LogP contribution in [-0.2, 0) is 10.4 Å². The van der Waals surface area contributed by atoms with Crippen LogP contribution in [0.5, 0.6) is 11.5 Å². The number of hydrogen-bond donors (Lipinski definition) is 2. The number of carboxylic acids is 1. The van der Waals surface area contributed by atoms with Crippen LogP contribution in [0.25, 0.3) is 0 Å². The van der Waals surface area contributed by atoms with E-state index in [0.717, 1.165) is 0 Å². The summed E-state index contributed by atoms with van der Waals surface area (Å²) in [5.41, 5.74) is -0.929. The molecule has 1 aliphatic heterocycles. The van der Waals surface area contributed by atoms with E-state index in [0.29, 0.717) is 36.7 Å². The number of hydrogen-bond acceptors (Lipinski definition) is 4. The molecule has 0 saturated carbocycles. The van der Waals surface area contributed by atoms with Crippen molar-refractivity contribution in [1.29, 1.82) is 0 Å². The second kappa shape index (κ2) is 5.09. The second-order valence-electron chi connectivity index (χ2n) is 4.81. The molecule has 1 heterocycles. The molecule has 0 radical (unpaired) electrons. The highest BCUT2D eigenvalue weighted by Gasteiger charge is 2.38. The molecule has 5 heteroatoms. The molecule has 0 aliphatic carbocycles. The van der Waals surface area contributed by atoms with E-state index in [1.807, 2.05) is 0 Å². The number of rotatable bonds is 4. The largest absolute Gasteiger partial charge is 0.486 e. The van der Waals surface area contributed by atoms with Gasteiger partial charge in [0.15, 0.2) is 11.5 Å². The van der Waals surface area contributed by atoms with E-state index >= 15 is 0 Å². The molecular weight excluding hydrogens is 248 g/mol. The van der Waals surface area contributed by atoms with Gasteiger partial charge in [-0.25, -0.2) is 0 Å². The topological polar surface area (TPSA) is 76.0 Å². The molecule has 2 atom stereocenters. The molecule has 0 spiro atoms. The third-order valence-corrected chi connectivity index (χ3v) is 3.51. The Morgan fingerprint density at radius 2 is 2.00 bits per heavy atom. The van der Waals surface area contributed by atoms with Gasteiger partial charge in [0.2, 0.25) is 0 Å². The first kappa shape index (κ1) is 13.7. The first-order valence-corrected chi connectivity index (χ1v) is 6.32. The first-order chi connectivity index (χ1) is 8.96. The Morgan fingerprint density at radius 1 is 1.37 bits per heavy atom. The molecule has 1 aliphatic rings. The maximum Gasteiger partial charge on any atom is 0.309 e. The van der Waals surface area contributed by atoms with Gasteiger partial charge in [0.25, 0.3) is 0 Å². The van der Waals surface area contributed by atoms with Crippen LogP contribution in [0.3, 0.4) is 0 Å². The molecule has 5 nitrogen and oxygen atoms in total. The number of fused-ring (bicyclic) bond motifs is 1. The predicted octanol–water partition coefficient (Wildman–Crippen LogP) is 1.78. The van der Waals surface area contributed by atoms with Crippen LogP contribution >= 0.6 is 0 Å². The SMILES string of the molecule is CCC(C(=O)O)C(C)(O)c1ccc2c(c1)OCCO2. The fraction of sp³-hybridized carbons (Fsp3) is 0.500. The standard InChI is InChI=1S/C14H18O5/c1-3-10(13(15)16)14(2,17)9-4-5-11-12(8-9)19-7-6-18-11/h4-5,8,10,17H,3,6-7H2,1-2H3,(H,15,16). The van der Waals surface area contributed by atoms with Gasteiger partial charge >= 0.3 is 5.97 Å². The Kier molecular flexibility index (Phi) is 3.66. The summed E-state index contributed by atoms with van der Waals surface area (Å²) in [5, 5.41) is 19.7. The molecule has 0 saturated heterocycles. The fourth-order valence-electron chi connectivity index (χ4n) is 2.37. The van der Waals surface area contributed by atoms with E-state index in [9.17, 15) is 15.0 Å². The van der Waals surface area contributed by atoms with Crippen molar-refractivity contribution in [2.75, 3.05) is 13.2 Å². The molecular formula is C14H18O5. The zero-order valence-electron chi connectivity index (χ0n) is 11.0. The predicted molar refractivity (Wildman–Crippen MR) is 68.4 cm³/mol. The molecule has 1 aromatic carbocycles. The molecule has 1 aromatic rings. The summed E-state index contributed by atoms with van der Waals surface area (Å²) in [6, 6.07) is 5.03. The van der Waals surface area contributed by atoms with E-state index in [2.05, 4.69) is 0 Å². The number of aliphatic hydroxyl groups is 1. The molecule has 0 amide bonds. The molecule has 104 valence electrons. The Hall–Kier alpha value is -1.75. The Morgan fingerprint density at radius 3 is 2.58 bits per heavy atom. The highest BCUT2D eigenvalue weighted by molar-refractivity contribution is 5.72. The number of ether oxygens (including phenoxy) is 2. The maximum absolute atomic E-state index is 11.2. The lowest BCUT2D eigenvalue weighted by atomic mass is 9.81. The monoisotopic (exact) mass is 266 g/mol. The highest BCUT2D eigenvalue weighted by atomic mass is 16.6. The van der Waals surface area contributed by atoms with Gasteiger partial charge in [-0.05, 0) is 31.0 Å². The van der Waals surface area contributed by atoms with Crippen molar-refractivity contribution < 1.29 is 24.5 Å². The third kappa shape index (κ3) is 2.51. The van der Waals surface area contributed by atoms with Crippen molar-refractivity contribution in [3.8, 4) is 11.5 Å². The van der Waals surface area contributed by atoms with Gasteiger partial charge in [0.05, 0.1) is 5.92 Å². The Balaban J connectivity index is 2.37. The zero-order valence-corrected chi connectivity index (χ0v) is 11.0. The maximum atomic E-state index is 11.2. The average Bonchev–Trinajstić information content (AvgIpc) is 2.38. The summed E-state index contributed by atoms with van der Waals surface area (Å²) >= 11 is 0. The van der Waals surface area contributed by atoms with Crippen LogP contribution in [0.2, 0.25) is 0 Å². The van der Waals surface area contributed by atoms with E-state index in [1.165, 1.54) is 6.92 Å². The van der Waals surface area contributed by atoms with Gasteiger partial charge in [-0.3, -0.25) is 4.79 Å². The summed E-state index contributed by atoms with van der Waals surface area (Å²) in [6.45, 7) is 4.20. The number of benzene rings is 1. The van der Waals surface area contributed by atoms with Gasteiger partial charge in [0, 0.05) is 0 Å². The molecule has 0 aromatic heterocycles. The summed E-state index contributed by atoms with van der Waals surface area (Å²) < 4.78 is 10.9. The van der Waals surface area contributed by atoms with Crippen molar-refractivity contribution in [2.24, 2.45) is 5.92 Å². The Labute approximate surface area is 111 Å². The van der Waals surface area contributed by atoms with Crippen molar-refractivity contribution in [2.45, 2.75) is 25.9 Å². The van der Waals surface area contributed by atoms with Gasteiger partial charge < -0.3 is 19.7 Å². The fourth-order valence-corrected chi connectivity index (χ4v) is 2.37. The van der Waals surface area contributed by atoms with Gasteiger partial charge in [0.1, 0.15) is 18.8 Å². The minimum absolute atomic E-state index is 0.344. The van der Waals surface area contributed by atoms with Crippen LogP contribution in [-0.4, -0.2) is 29.4 Å². The lowest BCUT2D eigenvalue weighted by Gasteiger charge is -2.31. The zero-order chi connectivity index (χ0) is 14.0. The minimum atomic E-state index is -1.45. The van der Waals surface area contributed by atoms with Crippen molar-refractivity contribution in [3.05, 3.63) is 23.8 Å². The smallest absolute Gasteiger partial charge is 0.309 e. The van der Waals surface area contributed by atoms with E-state index in [1.54, 1.807) is 25.1 Å². The highest BCUT2D eigenvalue weighted by Crippen LogP contribution is 2.38. The van der Waals surface area contributed by atoms with Crippen LogP contribution in [0, 0.1) is 5.92 Å². The van der Waals surface area contributed by atoms with Gasteiger partial charge in [-0.15, -0.1) is 0 Å². The van der Waals surface area contributed by atoms with E-state index in [4.69, 9.17) is 9.47 Å². The average molecular weight is 266 g/mol. The quantitative estimate of drug-likeness (QED) is 0.868. The van der Waals surface area contributed by atoms with Crippen LogP contribution in [0.4, 0.5) is 0 Å². The van der Waals surface area contributed by atoms with E-state index in [-0.39, 0.29) is 0 Å². The molecule has 0 bridgehead atoms. The van der Waals surface area contributed by atoms with Crippen molar-refractivity contribution in [1.82, 2.24) is 0 Å². The minimum Gasteiger partial charge on any atom is -0.486 e. The van der Waals surface area contributed by atoms with Crippen molar-refractivity contribution >= 4 is 5.97 Å². The molecule has 2 rings (SSSR count). The third-order valence-electron chi connectivity index (χ3n) is 3.51. The van der Waals surface area contributed by atoms with Crippen LogP contribution in [0.1, 0.15) is 25.8 Å². The van der Waals surface area contributed by atoms with Crippen LogP contribution in [0.15, 0.2) is 18.2 Å². The van der Waals surface area contributed by atoms with Gasteiger partial charge in [-0.2, -0.15) is 0 Å². The molecule has 19 heavy (non-hydrogen) atoms. The lowest BCUT2D eigenvalue weighted by Crippen LogP contribution is -2.37. The second-order valence-corrected chi connectivity index (χ2v) is 4.81. The summed E-state index contributed by atoms with van der Waals surface area (Å²) in [6.07, 6.45) is 0.344. The normalized spacial score (nSPS) is 18.5. The van der Waals surface area contributed by atoms with Crippen molar-refractivity contribution in [3.63, 3.8) is 0 Å². The summed E-state index contributed by atoms with van der Waals surface area (Å²) in [7, 11) is 0. The number of aliphatic carboxylic acids is 1. The Bertz CT molecular complexity index is 481. The lowest BCUT2D eigenvalue weighted by molar-refractivity contribution is -0.152. The molecule has 0 fully saturated rings. The molecule has 2 unspecified atom stereocenters. The number of carboxylic acid groups (broad SMARTS) is 1. The van der Waals surface area contributed by atoms with E-state index < -0.39 is 17.5 Å². The van der Waals surface area contributed by atoms with Gasteiger partial charge in [-0.1, -0.05) is 13.0 Å². The summed E-state index contributed by atoms with van der Waals surface area (Å²) in [5.74, 6) is -0.712. The number of carbonyl (C=O) groups is 1. The molecule has 2 N–H and O–H groups in total. The summed E-state index contributed by atoms with van der Waals surface area (Å²) in [4.78, 5) is 11.2. The first-order valence-electron chi connectivity index (χ1n) is 6.32. The van der Waals surface area contributed by atoms with Crippen LogP contribution < -0.4 is 9.47 Å².